The van der Waals surface area contributed by atoms with Crippen LogP contribution in [0.3, 0.4) is 0 Å². The van der Waals surface area contributed by atoms with Crippen molar-refractivity contribution in [1.82, 2.24) is 10.0 Å². The zero-order chi connectivity index (χ0) is 53.4. The SMILES string of the molecule is CC(=O)N[C@@H]1[C@@H](O)[C@H](O[C@@H]2O[C@H](C(=O)O)[C@@H](O[C@@H]3O[C@H](CO)[C@@H](O[C@H]4O[C@@H](C(=O)O)[C@H](O)[C@@H](O)[C@@H]4OS(=O)(=O)O)[C@H](OS(=O)(=O)O)[C@H]3NS(=O)(=O)O)[C@H](O)[C@H]2OS(=O)(=O)O)[C@H](COS(=O)(=O)O)O[C@H]1O.[Cl-].[Na+]. The summed E-state index contributed by atoms with van der Waals surface area (Å²) in [5.41, 5.74) is 0. The monoisotopic (exact) mass is 1190 g/mol. The van der Waals surface area contributed by atoms with Crippen LogP contribution in [0.1, 0.15) is 6.92 Å². The van der Waals surface area contributed by atoms with Crippen molar-refractivity contribution in [3.05, 3.63) is 0 Å². The van der Waals surface area contributed by atoms with Crippen molar-refractivity contribution in [3.8, 4) is 0 Å². The van der Waals surface area contributed by atoms with Gasteiger partial charge in [-0.2, -0.15) is 46.8 Å². The Kier molecular flexibility index (Phi) is 23.9. The number of ether oxygens (including phenoxy) is 7. The van der Waals surface area contributed by atoms with Crippen LogP contribution in [-0.4, -0.2) is 259 Å². The molecule has 0 aromatic rings. The van der Waals surface area contributed by atoms with Gasteiger partial charge in [0.25, 0.3) is 0 Å². The molecule has 416 valence electrons. The van der Waals surface area contributed by atoms with E-state index in [1.807, 2.05) is 5.32 Å². The van der Waals surface area contributed by atoms with Gasteiger partial charge in [0, 0.05) is 6.92 Å². The van der Waals surface area contributed by atoms with Gasteiger partial charge in [-0.3, -0.25) is 27.6 Å². The van der Waals surface area contributed by atoms with Gasteiger partial charge in [-0.1, -0.05) is 0 Å². The van der Waals surface area contributed by atoms with Crippen LogP contribution >= 0.6 is 0 Å². The molecule has 46 heteroatoms. The van der Waals surface area contributed by atoms with Crippen molar-refractivity contribution >= 4 is 69.7 Å². The van der Waals surface area contributed by atoms with Gasteiger partial charge in [0.2, 0.25) is 5.91 Å². The summed E-state index contributed by atoms with van der Waals surface area (Å²) in [6, 6.07) is -4.96. The van der Waals surface area contributed by atoms with E-state index in [1.165, 1.54) is 4.72 Å². The molecule has 0 aromatic heterocycles. The number of carboxylic acids is 2. The Morgan fingerprint density at radius 2 is 0.986 bits per heavy atom. The van der Waals surface area contributed by atoms with E-state index in [0.29, 0.717) is 0 Å². The fraction of sp³-hybridized carbons (Fsp3) is 0.885. The molecule has 0 spiro atoms. The summed E-state index contributed by atoms with van der Waals surface area (Å²) in [6.45, 7) is -2.24. The number of hydrogen-bond acceptors (Lipinski definition) is 30. The quantitative estimate of drug-likeness (QED) is 0.0375. The first kappa shape index (κ1) is 66.6. The Bertz CT molecular complexity index is 2460. The molecular weight excluding hydrogens is 1150 g/mol. The van der Waals surface area contributed by atoms with Crippen LogP contribution in [0.25, 0.3) is 0 Å². The van der Waals surface area contributed by atoms with Gasteiger partial charge < -0.3 is 91.7 Å². The smallest absolute Gasteiger partial charge is 1.00 e. The van der Waals surface area contributed by atoms with Crippen LogP contribution in [0.4, 0.5) is 0 Å². The average molecular weight is 1190 g/mol. The third-order valence-electron chi connectivity index (χ3n) is 9.68. The Labute approximate surface area is 432 Å². The molecular formula is C26H42ClN2NaO37S5. The van der Waals surface area contributed by atoms with Crippen LogP contribution in [0.2, 0.25) is 0 Å². The first-order valence-corrected chi connectivity index (χ1v) is 25.4. The summed E-state index contributed by atoms with van der Waals surface area (Å²) in [5, 5.41) is 86.0. The third kappa shape index (κ3) is 18.3. The molecule has 15 N–H and O–H groups in total. The Hall–Kier alpha value is -1.47. The number of aliphatic carboxylic acids is 2. The van der Waals surface area contributed by atoms with Gasteiger partial charge in [0.1, 0.15) is 73.1 Å². The molecule has 4 rings (SSSR count). The van der Waals surface area contributed by atoms with Gasteiger partial charge in [-0.25, -0.2) is 26.3 Å². The molecule has 0 saturated carbocycles. The normalized spacial score (nSPS) is 38.1. The molecule has 0 aromatic carbocycles. The van der Waals surface area contributed by atoms with E-state index in [2.05, 4.69) is 16.7 Å². The maximum absolute atomic E-state index is 12.7. The van der Waals surface area contributed by atoms with Crippen molar-refractivity contribution in [3.63, 3.8) is 0 Å². The maximum Gasteiger partial charge on any atom is 1.00 e. The molecule has 0 unspecified atom stereocenters. The number of carbonyl (C=O) groups excluding carboxylic acids is 1. The molecule has 4 fully saturated rings. The van der Waals surface area contributed by atoms with Crippen molar-refractivity contribution in [2.45, 2.75) is 130 Å². The minimum absolute atomic E-state index is 0. The van der Waals surface area contributed by atoms with Crippen LogP contribution in [0.15, 0.2) is 0 Å². The van der Waals surface area contributed by atoms with E-state index >= 15 is 0 Å². The summed E-state index contributed by atoms with van der Waals surface area (Å²) in [4.78, 5) is 36.4. The predicted octanol–water partition coefficient (Wildman–Crippen LogP) is -16.7. The number of carbonyl (C=O) groups is 3. The Morgan fingerprint density at radius 1 is 0.528 bits per heavy atom. The molecule has 0 radical (unpaired) electrons. The summed E-state index contributed by atoms with van der Waals surface area (Å²) in [6.07, 6.45) is -49.1. The molecule has 1 amide bonds. The molecule has 0 aliphatic carbocycles. The zero-order valence-corrected chi connectivity index (χ0v) is 42.3. The maximum atomic E-state index is 12.7. The number of rotatable bonds is 21. The summed E-state index contributed by atoms with van der Waals surface area (Å²) >= 11 is 0. The fourth-order valence-electron chi connectivity index (χ4n) is 7.05. The van der Waals surface area contributed by atoms with Gasteiger partial charge in [0.15, 0.2) is 49.6 Å². The van der Waals surface area contributed by atoms with E-state index in [4.69, 9.17) is 37.7 Å². The van der Waals surface area contributed by atoms with Crippen molar-refractivity contribution in [2.24, 2.45) is 0 Å². The van der Waals surface area contributed by atoms with E-state index in [1.54, 1.807) is 0 Å². The number of nitrogens with one attached hydrogen (secondary N) is 2. The molecule has 4 aliphatic heterocycles. The minimum Gasteiger partial charge on any atom is -1.00 e. The van der Waals surface area contributed by atoms with Crippen LogP contribution in [-0.2, 0) is 116 Å². The number of aliphatic hydroxyl groups excluding tert-OH is 6. The molecule has 72 heavy (non-hydrogen) atoms. The van der Waals surface area contributed by atoms with Crippen molar-refractivity contribution in [1.29, 1.82) is 0 Å². The van der Waals surface area contributed by atoms with E-state index in [0.717, 1.165) is 6.92 Å². The van der Waals surface area contributed by atoms with Crippen LogP contribution in [0, 0.1) is 0 Å². The standard InChI is InChI=1S/C26H42N2O37S5.ClH.Na/c1-4(30)27-7-9(31)13(6(56-23(7)39)3-55-67(43,44)45)58-26-19(65-70(52,53)54)12(34)16(20(62-26)22(37)38)60-24-8(28-66(40,41)42)15(63-68(46,47)48)14(5(2-29)57-24)59-25-18(64-69(49,50)51)11(33)10(32)17(61-25)21(35)36;;/h5-20,23-26,28-29,31-34,39H,2-3H2,1H3,(H,27,30)(H,35,36)(H,37,38)(H,40,41,42)(H,43,44,45)(H,46,47,48)(H,49,50,51)(H,52,53,54);1H;/q;;+1/p-1/t5-,6+,7-,8-,9-,10-,11-,12+,13-,14-,15-,16+,17-,18+,19-,20+,23-,24+,25+,26-;;/m1../s1. The topological polar surface area (TPSA) is 610 Å². The molecule has 39 nitrogen and oxygen atoms in total. The zero-order valence-electron chi connectivity index (χ0n) is 35.5. The summed E-state index contributed by atoms with van der Waals surface area (Å²) in [7, 11) is -29.1. The van der Waals surface area contributed by atoms with Gasteiger partial charge >= 0.3 is 93.4 Å². The largest absolute Gasteiger partial charge is 1.00 e. The van der Waals surface area contributed by atoms with Crippen molar-refractivity contribution in [2.75, 3.05) is 13.2 Å². The van der Waals surface area contributed by atoms with Gasteiger partial charge in [-0.15, -0.1) is 0 Å². The number of hydrogen-bond donors (Lipinski definition) is 15. The van der Waals surface area contributed by atoms with Crippen LogP contribution < -0.4 is 52.0 Å². The van der Waals surface area contributed by atoms with Crippen molar-refractivity contribution < 1.29 is 212 Å². The molecule has 0 bridgehead atoms. The second-order valence-corrected chi connectivity index (χ2v) is 20.0. The second kappa shape index (κ2) is 25.8. The van der Waals surface area contributed by atoms with Gasteiger partial charge in [-0.05, 0) is 0 Å². The number of amides is 1. The number of aliphatic hydroxyl groups is 6. The Morgan fingerprint density at radius 3 is 1.43 bits per heavy atom. The third-order valence-corrected chi connectivity index (χ3v) is 12.1. The van der Waals surface area contributed by atoms with E-state index in [9.17, 15) is 116 Å². The molecule has 20 atom stereocenters. The summed E-state index contributed by atoms with van der Waals surface area (Å²) in [5.74, 6) is -5.49. The molecule has 4 heterocycles. The first-order valence-electron chi connectivity index (χ1n) is 18.5. The molecule has 4 aliphatic rings. The summed E-state index contributed by atoms with van der Waals surface area (Å²) < 4.78 is 222. The predicted molar refractivity (Wildman–Crippen MR) is 201 cm³/mol. The molecule has 4 saturated heterocycles. The number of carboxylic acid groups (broad SMARTS) is 2. The van der Waals surface area contributed by atoms with E-state index in [-0.39, 0.29) is 42.0 Å². The average Bonchev–Trinajstić information content (AvgIpc) is 3.18. The minimum atomic E-state index is -6.09. The number of halogens is 1. The first-order chi connectivity index (χ1) is 31.8. The Balaban J connectivity index is 0.00000888. The second-order valence-electron chi connectivity index (χ2n) is 14.6. The van der Waals surface area contributed by atoms with Gasteiger partial charge in [0.05, 0.1) is 13.2 Å². The van der Waals surface area contributed by atoms with Crippen LogP contribution in [0.5, 0.6) is 0 Å². The van der Waals surface area contributed by atoms with E-state index < -0.39 is 206 Å². The fourth-order valence-corrected chi connectivity index (χ4v) is 9.43.